The van der Waals surface area contributed by atoms with E-state index in [1.54, 1.807) is 17.5 Å². The van der Waals surface area contributed by atoms with Gasteiger partial charge in [-0.3, -0.25) is 9.69 Å². The summed E-state index contributed by atoms with van der Waals surface area (Å²) in [5, 5.41) is 5.38. The van der Waals surface area contributed by atoms with Crippen LogP contribution >= 0.6 is 11.3 Å². The van der Waals surface area contributed by atoms with Crippen LogP contribution in [0.5, 0.6) is 5.75 Å². The summed E-state index contributed by atoms with van der Waals surface area (Å²) in [5.74, 6) is 1.42. The molecule has 0 spiro atoms. The molecule has 4 rings (SSSR count). The van der Waals surface area contributed by atoms with Crippen molar-refractivity contribution in [3.63, 3.8) is 0 Å². The van der Waals surface area contributed by atoms with Crippen molar-refractivity contribution in [3.05, 3.63) is 70.5 Å². The molecule has 0 unspecified atom stereocenters. The van der Waals surface area contributed by atoms with E-state index in [0.717, 1.165) is 44.2 Å². The second-order valence-electron chi connectivity index (χ2n) is 7.13. The summed E-state index contributed by atoms with van der Waals surface area (Å²) in [6, 6.07) is 15.6. The Morgan fingerprint density at radius 3 is 2.60 bits per heavy atom. The Hall–Kier alpha value is -2.90. The Balaban J connectivity index is 1.40. The molecule has 0 radical (unpaired) electrons. The summed E-state index contributed by atoms with van der Waals surface area (Å²) in [6.45, 7) is 6.75. The van der Waals surface area contributed by atoms with Gasteiger partial charge in [0.1, 0.15) is 11.6 Å². The molecule has 0 saturated carbocycles. The van der Waals surface area contributed by atoms with E-state index >= 15 is 0 Å². The molecule has 0 aliphatic carbocycles. The molecule has 6 nitrogen and oxygen atoms in total. The first-order valence-corrected chi connectivity index (χ1v) is 11.1. The fourth-order valence-corrected chi connectivity index (χ4v) is 4.26. The van der Waals surface area contributed by atoms with Crippen molar-refractivity contribution < 1.29 is 9.53 Å². The highest BCUT2D eigenvalue weighted by atomic mass is 32.1. The van der Waals surface area contributed by atoms with Crippen LogP contribution in [-0.2, 0) is 6.54 Å². The normalized spacial score (nSPS) is 14.5. The smallest absolute Gasteiger partial charge is 0.257 e. The Morgan fingerprint density at radius 1 is 1.10 bits per heavy atom. The first-order valence-electron chi connectivity index (χ1n) is 10.2. The van der Waals surface area contributed by atoms with Crippen LogP contribution in [0.2, 0.25) is 0 Å². The number of hydrogen-bond acceptors (Lipinski definition) is 6. The zero-order valence-corrected chi connectivity index (χ0v) is 17.9. The Morgan fingerprint density at radius 2 is 1.90 bits per heavy atom. The van der Waals surface area contributed by atoms with Crippen LogP contribution in [0.1, 0.15) is 22.2 Å². The lowest BCUT2D eigenvalue weighted by Crippen LogP contribution is -2.48. The lowest BCUT2D eigenvalue weighted by Gasteiger charge is -2.34. The van der Waals surface area contributed by atoms with Crippen molar-refractivity contribution in [3.8, 4) is 5.75 Å². The van der Waals surface area contributed by atoms with Crippen LogP contribution < -0.4 is 10.1 Å². The molecular weight excluding hydrogens is 396 g/mol. The molecule has 1 aromatic carbocycles. The number of rotatable bonds is 7. The van der Waals surface area contributed by atoms with Gasteiger partial charge in [0.25, 0.3) is 5.91 Å². The van der Waals surface area contributed by atoms with Gasteiger partial charge in [-0.1, -0.05) is 6.07 Å². The van der Waals surface area contributed by atoms with Gasteiger partial charge in [0.2, 0.25) is 0 Å². The molecule has 1 aliphatic rings. The first-order chi connectivity index (χ1) is 14.7. The summed E-state index contributed by atoms with van der Waals surface area (Å²) in [7, 11) is 0. The predicted octanol–water partition coefficient (Wildman–Crippen LogP) is 4.24. The van der Waals surface area contributed by atoms with Gasteiger partial charge in [0.05, 0.1) is 12.2 Å². The molecule has 1 fully saturated rings. The molecule has 1 amide bonds. The minimum absolute atomic E-state index is 0.0207. The van der Waals surface area contributed by atoms with E-state index in [9.17, 15) is 4.79 Å². The van der Waals surface area contributed by atoms with Gasteiger partial charge < -0.3 is 15.0 Å². The van der Waals surface area contributed by atoms with Crippen molar-refractivity contribution in [2.45, 2.75) is 13.5 Å². The lowest BCUT2D eigenvalue weighted by molar-refractivity contribution is 0.0630. The van der Waals surface area contributed by atoms with Gasteiger partial charge in [-0.2, -0.15) is 0 Å². The largest absolute Gasteiger partial charge is 0.494 e. The van der Waals surface area contributed by atoms with Crippen LogP contribution in [0.15, 0.2) is 60.1 Å². The molecule has 30 heavy (non-hydrogen) atoms. The number of nitrogens with zero attached hydrogens (tertiary/aromatic N) is 3. The number of nitrogens with one attached hydrogen (secondary N) is 1. The fraction of sp³-hybridized carbons (Fsp3) is 0.304. The molecule has 0 bridgehead atoms. The minimum Gasteiger partial charge on any atom is -0.494 e. The summed E-state index contributed by atoms with van der Waals surface area (Å²) >= 11 is 1.78. The van der Waals surface area contributed by atoms with Gasteiger partial charge in [0.15, 0.2) is 0 Å². The topological polar surface area (TPSA) is 57.7 Å². The highest BCUT2D eigenvalue weighted by Gasteiger charge is 2.24. The Labute approximate surface area is 181 Å². The summed E-state index contributed by atoms with van der Waals surface area (Å²) < 4.78 is 5.49. The molecule has 1 N–H and O–H groups in total. The number of piperazine rings is 1. The quantitative estimate of drug-likeness (QED) is 0.617. The maximum absolute atomic E-state index is 13.2. The lowest BCUT2D eigenvalue weighted by atomic mass is 10.2. The number of hydrogen-bond donors (Lipinski definition) is 1. The standard InChI is InChI=1S/C23H26N4O2S/c1-2-29-19-9-7-18(8-10-19)25-22-21(6-3-11-24-22)23(28)27-14-12-26(13-15-27)17-20-5-4-16-30-20/h3-11,16H,2,12-15,17H2,1H3,(H,24,25). The SMILES string of the molecule is CCOc1ccc(Nc2ncccc2C(=O)N2CCN(Cc3cccs3)CC2)cc1. The zero-order valence-electron chi connectivity index (χ0n) is 17.1. The molecule has 2 aromatic heterocycles. The van der Waals surface area contributed by atoms with E-state index in [1.165, 1.54) is 4.88 Å². The van der Waals surface area contributed by atoms with Crippen LogP contribution in [0.3, 0.4) is 0 Å². The highest BCUT2D eigenvalue weighted by molar-refractivity contribution is 7.09. The molecule has 0 atom stereocenters. The van der Waals surface area contributed by atoms with Crippen molar-refractivity contribution in [1.82, 2.24) is 14.8 Å². The van der Waals surface area contributed by atoms with Crippen molar-refractivity contribution in [2.75, 3.05) is 38.1 Å². The van der Waals surface area contributed by atoms with Crippen LogP contribution in [0.25, 0.3) is 0 Å². The molecule has 1 aliphatic heterocycles. The van der Waals surface area contributed by atoms with Gasteiger partial charge >= 0.3 is 0 Å². The third-order valence-corrected chi connectivity index (χ3v) is 5.95. The number of anilines is 2. The first kappa shape index (κ1) is 20.4. The molecule has 7 heteroatoms. The van der Waals surface area contributed by atoms with E-state index in [2.05, 4.69) is 32.7 Å². The number of carbonyl (C=O) groups excluding carboxylic acids is 1. The summed E-state index contributed by atoms with van der Waals surface area (Å²) in [4.78, 5) is 23.3. The molecule has 156 valence electrons. The van der Waals surface area contributed by atoms with Crippen molar-refractivity contribution >= 4 is 28.7 Å². The summed E-state index contributed by atoms with van der Waals surface area (Å²) in [5.41, 5.74) is 1.46. The second-order valence-corrected chi connectivity index (χ2v) is 8.16. The number of aromatic nitrogens is 1. The average molecular weight is 423 g/mol. The third-order valence-electron chi connectivity index (χ3n) is 5.09. The van der Waals surface area contributed by atoms with Gasteiger partial charge in [-0.15, -0.1) is 11.3 Å². The average Bonchev–Trinajstić information content (AvgIpc) is 3.29. The number of amides is 1. The van der Waals surface area contributed by atoms with Gasteiger partial charge in [-0.25, -0.2) is 4.98 Å². The number of ether oxygens (including phenoxy) is 1. The van der Waals surface area contributed by atoms with Gasteiger partial charge in [-0.05, 0) is 54.8 Å². The third kappa shape index (κ3) is 4.98. The van der Waals surface area contributed by atoms with E-state index in [-0.39, 0.29) is 5.91 Å². The van der Waals surface area contributed by atoms with Crippen LogP contribution in [0, 0.1) is 0 Å². The monoisotopic (exact) mass is 422 g/mol. The maximum Gasteiger partial charge on any atom is 0.257 e. The Bertz CT molecular complexity index is 952. The zero-order chi connectivity index (χ0) is 20.8. The second kappa shape index (κ2) is 9.73. The van der Waals surface area contributed by atoms with E-state index < -0.39 is 0 Å². The number of pyridine rings is 1. The molecular formula is C23H26N4O2S. The number of benzene rings is 1. The van der Waals surface area contributed by atoms with E-state index in [1.807, 2.05) is 48.2 Å². The van der Waals surface area contributed by atoms with Crippen LogP contribution in [-0.4, -0.2) is 53.5 Å². The van der Waals surface area contributed by atoms with E-state index in [4.69, 9.17) is 4.74 Å². The predicted molar refractivity (Wildman–Crippen MR) is 121 cm³/mol. The van der Waals surface area contributed by atoms with Crippen LogP contribution in [0.4, 0.5) is 11.5 Å². The number of thiophene rings is 1. The molecule has 3 heterocycles. The molecule has 3 aromatic rings. The van der Waals surface area contributed by atoms with E-state index in [0.29, 0.717) is 18.0 Å². The molecule has 1 saturated heterocycles. The van der Waals surface area contributed by atoms with Crippen molar-refractivity contribution in [2.24, 2.45) is 0 Å². The summed E-state index contributed by atoms with van der Waals surface area (Å²) in [6.07, 6.45) is 1.70. The maximum atomic E-state index is 13.2. The Kier molecular flexibility index (Phi) is 6.61. The van der Waals surface area contributed by atoms with Crippen molar-refractivity contribution in [1.29, 1.82) is 0 Å². The fourth-order valence-electron chi connectivity index (χ4n) is 3.52. The highest BCUT2D eigenvalue weighted by Crippen LogP contribution is 2.23. The minimum atomic E-state index is 0.0207. The van der Waals surface area contributed by atoms with Gasteiger partial charge in [0, 0.05) is 49.5 Å². The number of carbonyl (C=O) groups is 1.